The molecule has 0 bridgehead atoms. The minimum Gasteiger partial charge on any atom is -0.478 e. The quantitative estimate of drug-likeness (QED) is 0.445. The molecule has 0 aromatic heterocycles. The van der Waals surface area contributed by atoms with Crippen LogP contribution in [0.3, 0.4) is 0 Å². The standard InChI is InChI=1S/C17H21NO10/c1-9(19)25-8-13-14(26-10(2)20)15(27-11(3)21)17(24,28-13)18-6-4-5-12(7-18)16(22)23/h4,6-7,13-15,24H,5,8H2,1-3H3,(H,22,23)/t13-,14-,15-,17+/m1/s1. The van der Waals surface area contributed by atoms with Crippen LogP contribution >= 0.6 is 0 Å². The van der Waals surface area contributed by atoms with Crippen LogP contribution in [0.4, 0.5) is 0 Å². The van der Waals surface area contributed by atoms with Crippen LogP contribution in [0, 0.1) is 0 Å². The predicted octanol–water partition coefficient (Wildman–Crippen LogP) is -0.354. The molecule has 11 nitrogen and oxygen atoms in total. The van der Waals surface area contributed by atoms with Gasteiger partial charge in [0, 0.05) is 39.6 Å². The van der Waals surface area contributed by atoms with Crippen LogP contribution < -0.4 is 0 Å². The van der Waals surface area contributed by atoms with Crippen molar-refractivity contribution in [1.29, 1.82) is 0 Å². The van der Waals surface area contributed by atoms with Gasteiger partial charge in [0.25, 0.3) is 5.91 Å². The lowest BCUT2D eigenvalue weighted by atomic mass is 10.1. The van der Waals surface area contributed by atoms with Crippen LogP contribution in [0.1, 0.15) is 27.2 Å². The van der Waals surface area contributed by atoms with Gasteiger partial charge >= 0.3 is 23.9 Å². The van der Waals surface area contributed by atoms with Gasteiger partial charge in [-0.25, -0.2) is 4.79 Å². The summed E-state index contributed by atoms with van der Waals surface area (Å²) >= 11 is 0. The molecule has 0 amide bonds. The molecule has 1 fully saturated rings. The van der Waals surface area contributed by atoms with Crippen molar-refractivity contribution in [3.05, 3.63) is 24.0 Å². The van der Waals surface area contributed by atoms with Crippen molar-refractivity contribution in [2.45, 2.75) is 51.4 Å². The molecule has 28 heavy (non-hydrogen) atoms. The molecule has 4 atom stereocenters. The summed E-state index contributed by atoms with van der Waals surface area (Å²) in [5, 5.41) is 20.3. The van der Waals surface area contributed by atoms with Crippen molar-refractivity contribution in [3.8, 4) is 0 Å². The average Bonchev–Trinajstić information content (AvgIpc) is 2.85. The molecule has 2 heterocycles. The number of rotatable bonds is 6. The third kappa shape index (κ3) is 4.67. The van der Waals surface area contributed by atoms with E-state index >= 15 is 0 Å². The minimum atomic E-state index is -2.41. The Balaban J connectivity index is 2.43. The summed E-state index contributed by atoms with van der Waals surface area (Å²) in [6.45, 7) is 2.94. The van der Waals surface area contributed by atoms with Gasteiger partial charge in [0.2, 0.25) is 6.10 Å². The first-order valence-corrected chi connectivity index (χ1v) is 8.31. The number of carbonyl (C=O) groups is 4. The van der Waals surface area contributed by atoms with Crippen molar-refractivity contribution in [1.82, 2.24) is 4.90 Å². The highest BCUT2D eigenvalue weighted by Gasteiger charge is 2.61. The number of aliphatic hydroxyl groups is 1. The minimum absolute atomic E-state index is 0.0615. The maximum absolute atomic E-state index is 11.6. The summed E-state index contributed by atoms with van der Waals surface area (Å²) in [5.41, 5.74) is -0.0615. The molecule has 0 aromatic rings. The van der Waals surface area contributed by atoms with Crippen LogP contribution in [0.2, 0.25) is 0 Å². The maximum atomic E-state index is 11.6. The third-order valence-corrected chi connectivity index (χ3v) is 3.95. The number of hydrogen-bond acceptors (Lipinski definition) is 10. The molecule has 0 spiro atoms. The summed E-state index contributed by atoms with van der Waals surface area (Å²) in [7, 11) is 0. The predicted molar refractivity (Wildman–Crippen MR) is 88.9 cm³/mol. The van der Waals surface area contributed by atoms with Crippen LogP contribution in [0.5, 0.6) is 0 Å². The van der Waals surface area contributed by atoms with Gasteiger partial charge in [-0.15, -0.1) is 0 Å². The van der Waals surface area contributed by atoms with E-state index in [-0.39, 0.29) is 12.0 Å². The third-order valence-electron chi connectivity index (χ3n) is 3.95. The number of allylic oxidation sites excluding steroid dienone is 1. The van der Waals surface area contributed by atoms with Crippen molar-refractivity contribution < 1.29 is 48.3 Å². The summed E-state index contributed by atoms with van der Waals surface area (Å²) in [4.78, 5) is 46.5. The highest BCUT2D eigenvalue weighted by Crippen LogP contribution is 2.38. The van der Waals surface area contributed by atoms with Gasteiger partial charge in [0.05, 0.1) is 5.57 Å². The Hall–Kier alpha value is -2.92. The fourth-order valence-electron chi connectivity index (χ4n) is 2.85. The number of esters is 3. The molecule has 0 aromatic carbocycles. The van der Waals surface area contributed by atoms with E-state index < -0.39 is 54.7 Å². The fourth-order valence-corrected chi connectivity index (χ4v) is 2.85. The van der Waals surface area contributed by atoms with E-state index in [1.165, 1.54) is 12.3 Å². The van der Waals surface area contributed by atoms with Crippen molar-refractivity contribution in [2.75, 3.05) is 6.61 Å². The second kappa shape index (κ2) is 8.40. The second-order valence-corrected chi connectivity index (χ2v) is 6.18. The number of carboxylic acids is 1. The molecule has 11 heteroatoms. The molecular formula is C17H21NO10. The maximum Gasteiger partial charge on any atom is 0.333 e. The van der Waals surface area contributed by atoms with E-state index in [1.54, 1.807) is 0 Å². The molecule has 0 aliphatic carbocycles. The van der Waals surface area contributed by atoms with E-state index in [0.717, 1.165) is 31.9 Å². The first-order valence-electron chi connectivity index (χ1n) is 8.31. The summed E-state index contributed by atoms with van der Waals surface area (Å²) in [5.74, 6) is -5.82. The van der Waals surface area contributed by atoms with E-state index in [0.29, 0.717) is 0 Å². The largest absolute Gasteiger partial charge is 0.478 e. The lowest BCUT2D eigenvalue weighted by Gasteiger charge is -2.37. The molecule has 2 aliphatic rings. The second-order valence-electron chi connectivity index (χ2n) is 6.18. The number of nitrogens with zero attached hydrogens (tertiary/aromatic N) is 1. The summed E-state index contributed by atoms with van der Waals surface area (Å²) in [6, 6.07) is 0. The molecule has 2 rings (SSSR count). The molecule has 2 N–H and O–H groups in total. The molecular weight excluding hydrogens is 378 g/mol. The number of aliphatic carboxylic acids is 1. The molecule has 2 aliphatic heterocycles. The molecule has 0 unspecified atom stereocenters. The Morgan fingerprint density at radius 1 is 1.18 bits per heavy atom. The lowest BCUT2D eigenvalue weighted by molar-refractivity contribution is -0.293. The average molecular weight is 399 g/mol. The van der Waals surface area contributed by atoms with E-state index in [4.69, 9.17) is 18.9 Å². The van der Waals surface area contributed by atoms with Crippen LogP contribution in [0.15, 0.2) is 24.0 Å². The Morgan fingerprint density at radius 2 is 1.82 bits per heavy atom. The van der Waals surface area contributed by atoms with E-state index in [9.17, 15) is 29.4 Å². The number of carboxylic acid groups (broad SMARTS) is 1. The zero-order chi connectivity index (χ0) is 21.1. The molecule has 0 radical (unpaired) electrons. The van der Waals surface area contributed by atoms with Crippen molar-refractivity contribution >= 4 is 23.9 Å². The molecule has 154 valence electrons. The zero-order valence-electron chi connectivity index (χ0n) is 15.5. The number of ether oxygens (including phenoxy) is 4. The number of hydrogen-bond donors (Lipinski definition) is 2. The monoisotopic (exact) mass is 399 g/mol. The van der Waals surface area contributed by atoms with Crippen LogP contribution in [-0.2, 0) is 38.1 Å². The number of carbonyl (C=O) groups excluding carboxylic acids is 3. The van der Waals surface area contributed by atoms with Gasteiger partial charge in [-0.1, -0.05) is 6.08 Å². The smallest absolute Gasteiger partial charge is 0.333 e. The van der Waals surface area contributed by atoms with Gasteiger partial charge in [-0.3, -0.25) is 19.3 Å². The van der Waals surface area contributed by atoms with Gasteiger partial charge in [0.15, 0.2) is 6.10 Å². The highest BCUT2D eigenvalue weighted by molar-refractivity contribution is 5.87. The van der Waals surface area contributed by atoms with Gasteiger partial charge in [-0.2, -0.15) is 0 Å². The zero-order valence-corrected chi connectivity index (χ0v) is 15.5. The highest BCUT2D eigenvalue weighted by atomic mass is 16.7. The Morgan fingerprint density at radius 3 is 2.36 bits per heavy atom. The summed E-state index contributed by atoms with van der Waals surface area (Å²) < 4.78 is 20.7. The first kappa shape index (κ1) is 21.4. The van der Waals surface area contributed by atoms with Crippen LogP contribution in [-0.4, -0.2) is 69.8 Å². The summed E-state index contributed by atoms with van der Waals surface area (Å²) in [6.07, 6.45) is -0.0505. The van der Waals surface area contributed by atoms with Crippen molar-refractivity contribution in [3.63, 3.8) is 0 Å². The van der Waals surface area contributed by atoms with E-state index in [1.807, 2.05) is 0 Å². The SMILES string of the molecule is CC(=O)OC[C@H]1O[C@](O)(N2C=CCC(C(=O)O)=C2)[C@H](OC(C)=O)[C@@H]1OC(C)=O. The first-order chi connectivity index (χ1) is 13.0. The topological polar surface area (TPSA) is 149 Å². The fraction of sp³-hybridized carbons (Fsp3) is 0.529. The van der Waals surface area contributed by atoms with Crippen molar-refractivity contribution in [2.24, 2.45) is 0 Å². The lowest BCUT2D eigenvalue weighted by Crippen LogP contribution is -2.55. The molecule has 0 saturated carbocycles. The Labute approximate surface area is 160 Å². The van der Waals surface area contributed by atoms with Crippen LogP contribution in [0.25, 0.3) is 0 Å². The van der Waals surface area contributed by atoms with Gasteiger partial charge in [-0.05, 0) is 0 Å². The van der Waals surface area contributed by atoms with E-state index in [2.05, 4.69) is 0 Å². The Kier molecular flexibility index (Phi) is 6.41. The van der Waals surface area contributed by atoms with Gasteiger partial charge in [0.1, 0.15) is 12.7 Å². The Bertz CT molecular complexity index is 729. The molecule has 1 saturated heterocycles. The normalized spacial score (nSPS) is 29.1. The van der Waals surface area contributed by atoms with Gasteiger partial charge < -0.3 is 29.2 Å².